The van der Waals surface area contributed by atoms with E-state index in [-0.39, 0.29) is 11.7 Å². The molecule has 3 atom stereocenters. The van der Waals surface area contributed by atoms with Crippen LogP contribution >= 0.6 is 0 Å². The number of hydrogen-bond donors (Lipinski definition) is 0. The summed E-state index contributed by atoms with van der Waals surface area (Å²) in [6, 6.07) is 0. The summed E-state index contributed by atoms with van der Waals surface area (Å²) in [5, 5.41) is 0. The molecule has 1 aliphatic rings. The predicted octanol–water partition coefficient (Wildman–Crippen LogP) is 4.19. The van der Waals surface area contributed by atoms with E-state index in [9.17, 15) is 0 Å². The highest BCUT2D eigenvalue weighted by Gasteiger charge is 2.45. The van der Waals surface area contributed by atoms with Crippen LogP contribution in [0.25, 0.3) is 0 Å². The van der Waals surface area contributed by atoms with Gasteiger partial charge in [-0.3, -0.25) is 0 Å². The highest BCUT2D eigenvalue weighted by atomic mass is 28.4. The van der Waals surface area contributed by atoms with Gasteiger partial charge in [0, 0.05) is 6.42 Å². The van der Waals surface area contributed by atoms with Gasteiger partial charge < -0.3 is 13.9 Å². The van der Waals surface area contributed by atoms with E-state index in [1.54, 1.807) is 0 Å². The van der Waals surface area contributed by atoms with Gasteiger partial charge in [-0.25, -0.2) is 0 Å². The van der Waals surface area contributed by atoms with Crippen LogP contribution in [-0.2, 0) is 13.9 Å². The van der Waals surface area contributed by atoms with Gasteiger partial charge in [-0.2, -0.15) is 0 Å². The summed E-state index contributed by atoms with van der Waals surface area (Å²) in [5.41, 5.74) is -0.210. The van der Waals surface area contributed by atoms with E-state index >= 15 is 0 Å². The number of ether oxygens (including phenoxy) is 2. The Kier molecular flexibility index (Phi) is 6.08. The van der Waals surface area contributed by atoms with E-state index in [0.29, 0.717) is 18.9 Å². The SMILES string of the molecule is C#CCC(O[Si](C)(C)C)[C@H](C)C[C@]1(CC)COC(C)(C)O1. The van der Waals surface area contributed by atoms with Gasteiger partial charge in [0.15, 0.2) is 14.1 Å². The zero-order valence-electron chi connectivity index (χ0n) is 14.8. The van der Waals surface area contributed by atoms with Crippen molar-refractivity contribution in [3.8, 4) is 12.3 Å². The summed E-state index contributed by atoms with van der Waals surface area (Å²) in [6.45, 7) is 15.6. The van der Waals surface area contributed by atoms with Crippen molar-refractivity contribution in [2.45, 2.75) is 84.1 Å². The molecule has 1 unspecified atom stereocenters. The minimum atomic E-state index is -1.61. The first kappa shape index (κ1) is 18.7. The minimum absolute atomic E-state index is 0.109. The van der Waals surface area contributed by atoms with E-state index < -0.39 is 14.1 Å². The average molecular weight is 313 g/mol. The summed E-state index contributed by atoms with van der Waals surface area (Å²) in [6.07, 6.45) is 8.16. The lowest BCUT2D eigenvalue weighted by Gasteiger charge is -2.35. The van der Waals surface area contributed by atoms with Crippen molar-refractivity contribution < 1.29 is 13.9 Å². The molecule has 0 spiro atoms. The van der Waals surface area contributed by atoms with Crippen molar-refractivity contribution in [1.29, 1.82) is 0 Å². The molecule has 0 aromatic carbocycles. The molecule has 1 saturated heterocycles. The van der Waals surface area contributed by atoms with Crippen molar-refractivity contribution in [2.24, 2.45) is 5.92 Å². The fraction of sp³-hybridized carbons (Fsp3) is 0.882. The van der Waals surface area contributed by atoms with Crippen LogP contribution in [0.1, 0.15) is 47.0 Å². The summed E-state index contributed by atoms with van der Waals surface area (Å²) in [7, 11) is -1.61. The third-order valence-corrected chi connectivity index (χ3v) is 4.95. The molecule has 0 aromatic heterocycles. The molecule has 1 heterocycles. The Labute approximate surface area is 131 Å². The van der Waals surface area contributed by atoms with Crippen molar-refractivity contribution in [1.82, 2.24) is 0 Å². The Morgan fingerprint density at radius 1 is 1.33 bits per heavy atom. The number of rotatable bonds is 7. The Morgan fingerprint density at radius 2 is 1.95 bits per heavy atom. The summed E-state index contributed by atoms with van der Waals surface area (Å²) in [4.78, 5) is 0. The Hall–Kier alpha value is -0.343. The van der Waals surface area contributed by atoms with Gasteiger partial charge in [0.05, 0.1) is 18.3 Å². The Bertz CT molecular complexity index is 380. The second-order valence-electron chi connectivity index (χ2n) is 7.69. The van der Waals surface area contributed by atoms with Crippen LogP contribution in [0.2, 0.25) is 19.6 Å². The third-order valence-electron chi connectivity index (χ3n) is 3.94. The van der Waals surface area contributed by atoms with E-state index in [2.05, 4.69) is 39.4 Å². The number of terminal acetylenes is 1. The van der Waals surface area contributed by atoms with Crippen LogP contribution in [0, 0.1) is 18.3 Å². The predicted molar refractivity (Wildman–Crippen MR) is 89.6 cm³/mol. The molecule has 21 heavy (non-hydrogen) atoms. The molecular weight excluding hydrogens is 280 g/mol. The first-order chi connectivity index (χ1) is 9.52. The van der Waals surface area contributed by atoms with Crippen LogP contribution in [0.15, 0.2) is 0 Å². The molecule has 0 amide bonds. The first-order valence-electron chi connectivity index (χ1n) is 7.98. The quantitative estimate of drug-likeness (QED) is 0.521. The number of hydrogen-bond acceptors (Lipinski definition) is 3. The normalized spacial score (nSPS) is 28.1. The van der Waals surface area contributed by atoms with Crippen molar-refractivity contribution in [3.63, 3.8) is 0 Å². The molecule has 0 radical (unpaired) electrons. The highest BCUT2D eigenvalue weighted by Crippen LogP contribution is 2.39. The minimum Gasteiger partial charge on any atom is -0.414 e. The third kappa shape index (κ3) is 5.75. The second kappa shape index (κ2) is 6.83. The first-order valence-corrected chi connectivity index (χ1v) is 11.4. The lowest BCUT2D eigenvalue weighted by Crippen LogP contribution is -2.41. The second-order valence-corrected chi connectivity index (χ2v) is 12.1. The molecule has 0 N–H and O–H groups in total. The van der Waals surface area contributed by atoms with Crippen molar-refractivity contribution in [2.75, 3.05) is 6.61 Å². The molecule has 0 aliphatic carbocycles. The maximum Gasteiger partial charge on any atom is 0.184 e. The van der Waals surface area contributed by atoms with Crippen molar-refractivity contribution >= 4 is 8.32 Å². The zero-order valence-corrected chi connectivity index (χ0v) is 15.8. The van der Waals surface area contributed by atoms with Gasteiger partial charge in [0.1, 0.15) is 0 Å². The molecule has 122 valence electrons. The van der Waals surface area contributed by atoms with E-state index in [4.69, 9.17) is 20.3 Å². The molecule has 0 aromatic rings. The molecule has 1 rings (SSSR count). The van der Waals surface area contributed by atoms with Crippen LogP contribution in [0.3, 0.4) is 0 Å². The van der Waals surface area contributed by atoms with Crippen LogP contribution in [-0.4, -0.2) is 32.4 Å². The lowest BCUT2D eigenvalue weighted by atomic mass is 9.86. The molecule has 4 heteroatoms. The lowest BCUT2D eigenvalue weighted by molar-refractivity contribution is -0.166. The van der Waals surface area contributed by atoms with Crippen LogP contribution in [0.5, 0.6) is 0 Å². The molecule has 1 fully saturated rings. The maximum atomic E-state index is 6.29. The molecule has 0 bridgehead atoms. The monoisotopic (exact) mass is 312 g/mol. The van der Waals surface area contributed by atoms with Gasteiger partial charge in [-0.1, -0.05) is 13.8 Å². The molecular formula is C17H32O3Si. The van der Waals surface area contributed by atoms with E-state index in [1.165, 1.54) is 0 Å². The fourth-order valence-corrected chi connectivity index (χ4v) is 4.18. The summed E-state index contributed by atoms with van der Waals surface area (Å²) < 4.78 is 18.3. The van der Waals surface area contributed by atoms with E-state index in [1.807, 2.05) is 13.8 Å². The molecule has 3 nitrogen and oxygen atoms in total. The Morgan fingerprint density at radius 3 is 2.33 bits per heavy atom. The largest absolute Gasteiger partial charge is 0.414 e. The van der Waals surface area contributed by atoms with Gasteiger partial charge >= 0.3 is 0 Å². The molecule has 0 saturated carbocycles. The maximum absolute atomic E-state index is 6.29. The average Bonchev–Trinajstić information content (AvgIpc) is 2.63. The highest BCUT2D eigenvalue weighted by molar-refractivity contribution is 6.69. The van der Waals surface area contributed by atoms with Gasteiger partial charge in [0.2, 0.25) is 0 Å². The van der Waals surface area contributed by atoms with E-state index in [0.717, 1.165) is 12.8 Å². The summed E-state index contributed by atoms with van der Waals surface area (Å²) >= 11 is 0. The smallest absolute Gasteiger partial charge is 0.184 e. The van der Waals surface area contributed by atoms with Gasteiger partial charge in [0.25, 0.3) is 0 Å². The van der Waals surface area contributed by atoms with Gasteiger partial charge in [-0.15, -0.1) is 12.3 Å². The van der Waals surface area contributed by atoms with Gasteiger partial charge in [-0.05, 0) is 52.2 Å². The van der Waals surface area contributed by atoms with Crippen molar-refractivity contribution in [3.05, 3.63) is 0 Å². The molecule has 1 aliphatic heterocycles. The topological polar surface area (TPSA) is 27.7 Å². The zero-order chi connectivity index (χ0) is 16.3. The van der Waals surface area contributed by atoms with Crippen LogP contribution < -0.4 is 0 Å². The fourth-order valence-electron chi connectivity index (χ4n) is 2.95. The summed E-state index contributed by atoms with van der Waals surface area (Å²) in [5.74, 6) is 2.63. The standard InChI is InChI=1S/C17H32O3Si/c1-9-11-15(19-21(6,7)8)14(3)12-17(10-2)13-18-16(4,5)20-17/h1,14-15H,10-13H2,2-8H3/t14-,15?,17-/m1/s1. The van der Waals surface area contributed by atoms with Crippen LogP contribution in [0.4, 0.5) is 0 Å². The Balaban J connectivity index is 2.76.